The molecule has 0 spiro atoms. The SMILES string of the molecule is O=S(=O)(NCCc1nncn1C1CC1)c1cc(F)c(F)c(F)c1. The normalized spacial score (nSPS) is 15.1. The van der Waals surface area contributed by atoms with Crippen LogP contribution in [0.1, 0.15) is 24.7 Å². The zero-order valence-electron chi connectivity index (χ0n) is 11.8. The van der Waals surface area contributed by atoms with Crippen molar-refractivity contribution in [2.45, 2.75) is 30.2 Å². The minimum atomic E-state index is -4.15. The van der Waals surface area contributed by atoms with Crippen molar-refractivity contribution in [1.82, 2.24) is 19.5 Å². The number of halogens is 3. The summed E-state index contributed by atoms with van der Waals surface area (Å²) in [6, 6.07) is 1.23. The van der Waals surface area contributed by atoms with Crippen LogP contribution in [-0.4, -0.2) is 29.7 Å². The largest absolute Gasteiger partial charge is 0.314 e. The van der Waals surface area contributed by atoms with Crippen molar-refractivity contribution in [1.29, 1.82) is 0 Å². The Morgan fingerprint density at radius 3 is 2.48 bits per heavy atom. The Labute approximate surface area is 130 Å². The topological polar surface area (TPSA) is 76.9 Å². The minimum absolute atomic E-state index is 0.0195. The van der Waals surface area contributed by atoms with Crippen molar-refractivity contribution >= 4 is 10.0 Å². The molecular weight excluding hydrogens is 333 g/mol. The minimum Gasteiger partial charge on any atom is -0.314 e. The summed E-state index contributed by atoms with van der Waals surface area (Å²) in [4.78, 5) is -0.669. The van der Waals surface area contributed by atoms with Gasteiger partial charge in [-0.1, -0.05) is 0 Å². The van der Waals surface area contributed by atoms with E-state index in [9.17, 15) is 21.6 Å². The fourth-order valence-electron chi connectivity index (χ4n) is 2.17. The Kier molecular flexibility index (Phi) is 4.11. The van der Waals surface area contributed by atoms with Gasteiger partial charge in [-0.25, -0.2) is 26.3 Å². The Morgan fingerprint density at radius 2 is 1.87 bits per heavy atom. The van der Waals surface area contributed by atoms with E-state index >= 15 is 0 Å². The molecule has 23 heavy (non-hydrogen) atoms. The highest BCUT2D eigenvalue weighted by atomic mass is 32.2. The Balaban J connectivity index is 1.68. The van der Waals surface area contributed by atoms with Crippen LogP contribution in [0, 0.1) is 17.5 Å². The molecule has 1 heterocycles. The molecule has 1 aromatic carbocycles. The zero-order chi connectivity index (χ0) is 16.6. The summed E-state index contributed by atoms with van der Waals surface area (Å²) in [5.74, 6) is -4.19. The average Bonchev–Trinajstić information content (AvgIpc) is 3.23. The molecule has 1 aromatic heterocycles. The number of nitrogens with one attached hydrogen (secondary N) is 1. The van der Waals surface area contributed by atoms with Crippen LogP contribution in [0.2, 0.25) is 0 Å². The number of nitrogens with zero attached hydrogens (tertiary/aromatic N) is 3. The molecule has 0 saturated heterocycles. The standard InChI is InChI=1S/C13H13F3N4O2S/c14-10-5-9(6-11(15)13(10)16)23(21,22)18-4-3-12-19-17-7-20(12)8-1-2-8/h5-8,18H,1-4H2. The van der Waals surface area contributed by atoms with Crippen molar-refractivity contribution < 1.29 is 21.6 Å². The van der Waals surface area contributed by atoms with Crippen LogP contribution in [0.15, 0.2) is 23.4 Å². The highest BCUT2D eigenvalue weighted by Gasteiger charge is 2.26. The van der Waals surface area contributed by atoms with Crippen LogP contribution >= 0.6 is 0 Å². The van der Waals surface area contributed by atoms with E-state index < -0.39 is 32.4 Å². The number of hydrogen-bond acceptors (Lipinski definition) is 4. The molecule has 1 saturated carbocycles. The summed E-state index contributed by atoms with van der Waals surface area (Å²) >= 11 is 0. The lowest BCUT2D eigenvalue weighted by Crippen LogP contribution is -2.27. The van der Waals surface area contributed by atoms with Gasteiger partial charge >= 0.3 is 0 Å². The Morgan fingerprint density at radius 1 is 1.22 bits per heavy atom. The molecule has 0 amide bonds. The number of rotatable bonds is 6. The molecule has 3 rings (SSSR count). The van der Waals surface area contributed by atoms with Crippen LogP contribution in [0.3, 0.4) is 0 Å². The zero-order valence-corrected chi connectivity index (χ0v) is 12.7. The Bertz CT molecular complexity index is 810. The van der Waals surface area contributed by atoms with Crippen molar-refractivity contribution in [2.24, 2.45) is 0 Å². The summed E-state index contributed by atoms with van der Waals surface area (Å²) in [7, 11) is -4.15. The van der Waals surface area contributed by atoms with Gasteiger partial charge in [-0.3, -0.25) is 0 Å². The van der Waals surface area contributed by atoms with E-state index in [-0.39, 0.29) is 13.0 Å². The van der Waals surface area contributed by atoms with E-state index in [1.165, 1.54) is 0 Å². The first-order valence-electron chi connectivity index (χ1n) is 6.91. The van der Waals surface area contributed by atoms with Crippen LogP contribution in [0.25, 0.3) is 0 Å². The molecule has 0 bridgehead atoms. The molecule has 2 aromatic rings. The first-order valence-corrected chi connectivity index (χ1v) is 8.39. The molecule has 6 nitrogen and oxygen atoms in total. The summed E-state index contributed by atoms with van der Waals surface area (Å²) < 4.78 is 67.2. The predicted molar refractivity (Wildman–Crippen MR) is 73.5 cm³/mol. The molecule has 1 N–H and O–H groups in total. The smallest absolute Gasteiger partial charge is 0.240 e. The van der Waals surface area contributed by atoms with Gasteiger partial charge in [0.15, 0.2) is 17.5 Å². The highest BCUT2D eigenvalue weighted by molar-refractivity contribution is 7.89. The van der Waals surface area contributed by atoms with Gasteiger partial charge in [-0.05, 0) is 25.0 Å². The molecule has 0 atom stereocenters. The van der Waals surface area contributed by atoms with Crippen molar-refractivity contribution in [2.75, 3.05) is 6.54 Å². The van der Waals surface area contributed by atoms with Crippen molar-refractivity contribution in [3.8, 4) is 0 Å². The van der Waals surface area contributed by atoms with E-state index in [1.54, 1.807) is 6.33 Å². The van der Waals surface area contributed by atoms with E-state index in [2.05, 4.69) is 14.9 Å². The van der Waals surface area contributed by atoms with Crippen molar-refractivity contribution in [3.63, 3.8) is 0 Å². The maximum atomic E-state index is 13.1. The molecule has 1 aliphatic rings. The van der Waals surface area contributed by atoms with Crippen LogP contribution in [-0.2, 0) is 16.4 Å². The van der Waals surface area contributed by atoms with Crippen LogP contribution < -0.4 is 4.72 Å². The molecule has 10 heteroatoms. The molecule has 0 radical (unpaired) electrons. The second-order valence-electron chi connectivity index (χ2n) is 5.23. The molecule has 124 valence electrons. The van der Waals surface area contributed by atoms with E-state index in [0.717, 1.165) is 12.8 Å². The number of sulfonamides is 1. The van der Waals surface area contributed by atoms with Gasteiger partial charge in [-0.2, -0.15) is 0 Å². The number of hydrogen-bond donors (Lipinski definition) is 1. The maximum absolute atomic E-state index is 13.1. The lowest BCUT2D eigenvalue weighted by Gasteiger charge is -2.08. The van der Waals surface area contributed by atoms with Gasteiger partial charge in [0.2, 0.25) is 10.0 Å². The number of benzene rings is 1. The predicted octanol–water partition coefficient (Wildman–Crippen LogP) is 1.55. The molecule has 0 aliphatic heterocycles. The number of aromatic nitrogens is 3. The Hall–Kier alpha value is -1.94. The van der Waals surface area contributed by atoms with Crippen LogP contribution in [0.4, 0.5) is 13.2 Å². The van der Waals surface area contributed by atoms with Gasteiger partial charge in [0, 0.05) is 19.0 Å². The van der Waals surface area contributed by atoms with E-state index in [0.29, 0.717) is 24.0 Å². The molecule has 1 fully saturated rings. The van der Waals surface area contributed by atoms with Gasteiger partial charge in [0.05, 0.1) is 4.90 Å². The monoisotopic (exact) mass is 346 g/mol. The summed E-state index contributed by atoms with van der Waals surface area (Å²) in [6.07, 6.45) is 3.93. The molecule has 1 aliphatic carbocycles. The fourth-order valence-corrected chi connectivity index (χ4v) is 3.23. The van der Waals surface area contributed by atoms with Gasteiger partial charge in [0.25, 0.3) is 0 Å². The third-order valence-electron chi connectivity index (χ3n) is 3.50. The lowest BCUT2D eigenvalue weighted by molar-refractivity contribution is 0.442. The lowest BCUT2D eigenvalue weighted by atomic mass is 10.3. The van der Waals surface area contributed by atoms with Gasteiger partial charge in [0.1, 0.15) is 12.2 Å². The first kappa shape index (κ1) is 15.9. The summed E-state index contributed by atoms with van der Waals surface area (Å²) in [5, 5.41) is 7.70. The fraction of sp³-hybridized carbons (Fsp3) is 0.385. The maximum Gasteiger partial charge on any atom is 0.240 e. The van der Waals surface area contributed by atoms with Gasteiger partial charge in [-0.15, -0.1) is 10.2 Å². The van der Waals surface area contributed by atoms with Gasteiger partial charge < -0.3 is 4.57 Å². The third kappa shape index (κ3) is 3.37. The molecular formula is C13H13F3N4O2S. The van der Waals surface area contributed by atoms with E-state index in [4.69, 9.17) is 0 Å². The molecule has 0 unspecified atom stereocenters. The summed E-state index contributed by atoms with van der Waals surface area (Å²) in [6.45, 7) is -0.0195. The van der Waals surface area contributed by atoms with E-state index in [1.807, 2.05) is 4.57 Å². The highest BCUT2D eigenvalue weighted by Crippen LogP contribution is 2.35. The van der Waals surface area contributed by atoms with Crippen molar-refractivity contribution in [3.05, 3.63) is 41.7 Å². The average molecular weight is 346 g/mol. The second-order valence-corrected chi connectivity index (χ2v) is 7.00. The quantitative estimate of drug-likeness (QED) is 0.805. The summed E-state index contributed by atoms with van der Waals surface area (Å²) in [5.41, 5.74) is 0. The van der Waals surface area contributed by atoms with Crippen LogP contribution in [0.5, 0.6) is 0 Å². The third-order valence-corrected chi connectivity index (χ3v) is 4.94. The first-order chi connectivity index (χ1) is 10.9. The second kappa shape index (κ2) is 5.93.